The standard InChI is InChI=1S/C20H28N4O4S/c1-22(2)29(26,27)15-9-10-19(28-4)16(13-15)21-20(25)14-24-12-6-8-18(24)17-7-5-11-23(17)3/h5,7,9-11,13,18H,6,8,12,14H2,1-4H3,(H,21,25)/p+1/t18-/m0/s1. The number of hydrogen-bond acceptors (Lipinski definition) is 4. The Hall–Kier alpha value is -2.36. The number of methoxy groups -OCH3 is 1. The van der Waals surface area contributed by atoms with Crippen molar-refractivity contribution in [2.75, 3.05) is 39.6 Å². The van der Waals surface area contributed by atoms with Gasteiger partial charge in [-0.05, 0) is 30.3 Å². The van der Waals surface area contributed by atoms with E-state index in [1.807, 2.05) is 19.3 Å². The molecule has 2 aromatic rings. The van der Waals surface area contributed by atoms with Crippen LogP contribution in [0.2, 0.25) is 0 Å². The number of sulfonamides is 1. The van der Waals surface area contributed by atoms with Crippen LogP contribution in [-0.4, -0.2) is 57.5 Å². The van der Waals surface area contributed by atoms with Crippen molar-refractivity contribution in [1.29, 1.82) is 0 Å². The molecule has 8 nitrogen and oxygen atoms in total. The number of anilines is 1. The molecule has 2 atom stereocenters. The van der Waals surface area contributed by atoms with Gasteiger partial charge in [-0.3, -0.25) is 4.79 Å². The summed E-state index contributed by atoms with van der Waals surface area (Å²) in [6.45, 7) is 1.24. The Morgan fingerprint density at radius 3 is 2.72 bits per heavy atom. The summed E-state index contributed by atoms with van der Waals surface area (Å²) < 4.78 is 33.4. The third-order valence-corrected chi connectivity index (χ3v) is 7.25. The zero-order valence-corrected chi connectivity index (χ0v) is 18.1. The number of aromatic nitrogens is 1. The molecule has 1 amide bonds. The van der Waals surface area contributed by atoms with Crippen LogP contribution in [-0.2, 0) is 21.9 Å². The molecule has 1 unspecified atom stereocenters. The molecular formula is C20H29N4O4S+. The Kier molecular flexibility index (Phi) is 6.30. The smallest absolute Gasteiger partial charge is 0.279 e. The molecule has 9 heteroatoms. The van der Waals surface area contributed by atoms with Crippen LogP contribution in [0.5, 0.6) is 5.75 Å². The molecule has 0 bridgehead atoms. The molecule has 1 fully saturated rings. The SMILES string of the molecule is COc1ccc(S(=O)(=O)N(C)C)cc1NC(=O)C[NH+]1CCC[C@H]1c1cccn1C. The molecular weight excluding hydrogens is 392 g/mol. The van der Waals surface area contributed by atoms with Crippen molar-refractivity contribution >= 4 is 21.6 Å². The first-order valence-electron chi connectivity index (χ1n) is 9.60. The van der Waals surface area contributed by atoms with Crippen LogP contribution in [0.1, 0.15) is 24.6 Å². The highest BCUT2D eigenvalue weighted by molar-refractivity contribution is 7.89. The van der Waals surface area contributed by atoms with Gasteiger partial charge >= 0.3 is 0 Å². The minimum Gasteiger partial charge on any atom is -0.495 e. The molecule has 1 aromatic carbocycles. The fraction of sp³-hybridized carbons (Fsp3) is 0.450. The monoisotopic (exact) mass is 421 g/mol. The second kappa shape index (κ2) is 8.56. The molecule has 0 saturated carbocycles. The predicted molar refractivity (Wildman–Crippen MR) is 111 cm³/mol. The summed E-state index contributed by atoms with van der Waals surface area (Å²) in [5, 5.41) is 2.85. The summed E-state index contributed by atoms with van der Waals surface area (Å²) in [7, 11) is 2.84. The number of likely N-dealkylation sites (tertiary alicyclic amines) is 1. The van der Waals surface area contributed by atoms with E-state index in [1.165, 1.54) is 43.9 Å². The zero-order chi connectivity index (χ0) is 21.2. The molecule has 0 spiro atoms. The molecule has 29 heavy (non-hydrogen) atoms. The number of carbonyl (C=O) groups excluding carboxylic acids is 1. The van der Waals surface area contributed by atoms with Gasteiger partial charge < -0.3 is 19.5 Å². The molecule has 3 rings (SSSR count). The number of ether oxygens (including phenoxy) is 1. The van der Waals surface area contributed by atoms with Gasteiger partial charge in [0.15, 0.2) is 6.54 Å². The molecule has 2 heterocycles. The van der Waals surface area contributed by atoms with Crippen LogP contribution in [0, 0.1) is 0 Å². The second-order valence-electron chi connectivity index (χ2n) is 7.52. The van der Waals surface area contributed by atoms with Gasteiger partial charge in [0.25, 0.3) is 5.91 Å². The summed E-state index contributed by atoms with van der Waals surface area (Å²) in [5.41, 5.74) is 1.58. The van der Waals surface area contributed by atoms with Gasteiger partial charge in [-0.2, -0.15) is 0 Å². The summed E-state index contributed by atoms with van der Waals surface area (Å²) in [5.74, 6) is 0.255. The number of nitrogens with one attached hydrogen (secondary N) is 2. The van der Waals surface area contributed by atoms with E-state index in [4.69, 9.17) is 4.74 Å². The number of benzene rings is 1. The second-order valence-corrected chi connectivity index (χ2v) is 9.67. The Bertz CT molecular complexity index is 984. The van der Waals surface area contributed by atoms with Gasteiger partial charge in [-0.15, -0.1) is 0 Å². The first-order valence-corrected chi connectivity index (χ1v) is 11.0. The van der Waals surface area contributed by atoms with Crippen LogP contribution < -0.4 is 15.0 Å². The van der Waals surface area contributed by atoms with Crippen LogP contribution in [0.25, 0.3) is 0 Å². The molecule has 158 valence electrons. The maximum atomic E-state index is 12.8. The average molecular weight is 422 g/mol. The van der Waals surface area contributed by atoms with Crippen molar-refractivity contribution in [3.05, 3.63) is 42.2 Å². The maximum Gasteiger partial charge on any atom is 0.279 e. The van der Waals surface area contributed by atoms with E-state index in [2.05, 4.69) is 16.0 Å². The number of aryl methyl sites for hydroxylation is 1. The fourth-order valence-electron chi connectivity index (χ4n) is 3.87. The van der Waals surface area contributed by atoms with E-state index in [0.717, 1.165) is 23.7 Å². The number of hydrogen-bond donors (Lipinski definition) is 2. The molecule has 0 aliphatic carbocycles. The number of rotatable bonds is 7. The molecule has 0 radical (unpaired) electrons. The lowest BCUT2D eigenvalue weighted by molar-refractivity contribution is -0.910. The highest BCUT2D eigenvalue weighted by Crippen LogP contribution is 2.28. The van der Waals surface area contributed by atoms with Gasteiger partial charge in [0, 0.05) is 40.2 Å². The lowest BCUT2D eigenvalue weighted by atomic mass is 10.1. The van der Waals surface area contributed by atoms with Crippen LogP contribution in [0.3, 0.4) is 0 Å². The minimum atomic E-state index is -3.61. The number of amides is 1. The van der Waals surface area contributed by atoms with Gasteiger partial charge in [0.2, 0.25) is 10.0 Å². The van der Waals surface area contributed by atoms with Crippen LogP contribution in [0.4, 0.5) is 5.69 Å². The van der Waals surface area contributed by atoms with Crippen molar-refractivity contribution in [3.63, 3.8) is 0 Å². The summed E-state index contributed by atoms with van der Waals surface area (Å²) in [6.07, 6.45) is 4.13. The van der Waals surface area contributed by atoms with E-state index in [-0.39, 0.29) is 16.8 Å². The fourth-order valence-corrected chi connectivity index (χ4v) is 4.80. The highest BCUT2D eigenvalue weighted by atomic mass is 32.2. The van der Waals surface area contributed by atoms with Crippen molar-refractivity contribution in [2.45, 2.75) is 23.8 Å². The van der Waals surface area contributed by atoms with Crippen molar-refractivity contribution < 1.29 is 22.8 Å². The summed E-state index contributed by atoms with van der Waals surface area (Å²) >= 11 is 0. The van der Waals surface area contributed by atoms with Crippen LogP contribution >= 0.6 is 0 Å². The number of quaternary nitrogens is 1. The van der Waals surface area contributed by atoms with E-state index in [0.29, 0.717) is 18.0 Å². The lowest BCUT2D eigenvalue weighted by Crippen LogP contribution is -3.11. The topological polar surface area (TPSA) is 85.1 Å². The van der Waals surface area contributed by atoms with Gasteiger partial charge in [0.1, 0.15) is 11.8 Å². The Balaban J connectivity index is 1.77. The molecule has 1 aliphatic rings. The Morgan fingerprint density at radius 1 is 1.34 bits per heavy atom. The first-order chi connectivity index (χ1) is 13.7. The third-order valence-electron chi connectivity index (χ3n) is 5.44. The van der Waals surface area contributed by atoms with Crippen LogP contribution in [0.15, 0.2) is 41.4 Å². The molecule has 1 saturated heterocycles. The van der Waals surface area contributed by atoms with Crippen molar-refractivity contribution in [2.24, 2.45) is 7.05 Å². The maximum absolute atomic E-state index is 12.8. The van der Waals surface area contributed by atoms with E-state index < -0.39 is 10.0 Å². The number of carbonyl (C=O) groups is 1. The van der Waals surface area contributed by atoms with E-state index in [9.17, 15) is 13.2 Å². The largest absolute Gasteiger partial charge is 0.495 e. The Morgan fingerprint density at radius 2 is 2.10 bits per heavy atom. The summed E-state index contributed by atoms with van der Waals surface area (Å²) in [4.78, 5) is 14.1. The van der Waals surface area contributed by atoms with E-state index >= 15 is 0 Å². The first kappa shape index (κ1) is 21.4. The van der Waals surface area contributed by atoms with Crippen molar-refractivity contribution in [1.82, 2.24) is 8.87 Å². The minimum absolute atomic E-state index is 0.105. The number of nitrogens with zero attached hydrogens (tertiary/aromatic N) is 2. The quantitative estimate of drug-likeness (QED) is 0.687. The Labute approximate surface area is 172 Å². The van der Waals surface area contributed by atoms with Gasteiger partial charge in [-0.1, -0.05) is 0 Å². The highest BCUT2D eigenvalue weighted by Gasteiger charge is 2.33. The van der Waals surface area contributed by atoms with E-state index in [1.54, 1.807) is 6.07 Å². The molecule has 1 aliphatic heterocycles. The summed E-state index contributed by atoms with van der Waals surface area (Å²) in [6, 6.07) is 8.88. The average Bonchev–Trinajstić information content (AvgIpc) is 3.29. The zero-order valence-electron chi connectivity index (χ0n) is 17.3. The third kappa shape index (κ3) is 4.47. The predicted octanol–water partition coefficient (Wildman–Crippen LogP) is 0.643. The van der Waals surface area contributed by atoms with Gasteiger partial charge in [0.05, 0.1) is 29.9 Å². The lowest BCUT2D eigenvalue weighted by Gasteiger charge is -2.22. The normalized spacial score (nSPS) is 19.5. The van der Waals surface area contributed by atoms with Crippen molar-refractivity contribution in [3.8, 4) is 5.75 Å². The van der Waals surface area contributed by atoms with Gasteiger partial charge in [-0.25, -0.2) is 12.7 Å². The molecule has 1 aromatic heterocycles. The molecule has 2 N–H and O–H groups in total.